The standard InChI is InChI=1S/C15H16N4O3S/c1-2-22-14-9(5-3-8-17-14)12(20)19-15-18-10-6-4-7-16-13(21)11(10)23-15/h3,5,8H,2,4,6-7H2,1H3,(H,16,21)(H,18,19,20). The lowest BCUT2D eigenvalue weighted by Gasteiger charge is -2.07. The summed E-state index contributed by atoms with van der Waals surface area (Å²) < 4.78 is 5.36. The molecular formula is C15H16N4O3S. The molecule has 0 aromatic carbocycles. The van der Waals surface area contributed by atoms with Gasteiger partial charge in [0, 0.05) is 12.7 Å². The summed E-state index contributed by atoms with van der Waals surface area (Å²) in [5.74, 6) is -0.207. The number of carbonyl (C=O) groups excluding carboxylic acids is 2. The first-order valence-electron chi connectivity index (χ1n) is 7.36. The minimum absolute atomic E-state index is 0.133. The van der Waals surface area contributed by atoms with Crippen molar-refractivity contribution >= 4 is 28.3 Å². The molecule has 3 heterocycles. The molecule has 2 N–H and O–H groups in total. The number of fused-ring (bicyclic) bond motifs is 1. The Hall–Kier alpha value is -2.48. The number of thiazole rings is 1. The number of rotatable bonds is 4. The van der Waals surface area contributed by atoms with E-state index in [1.165, 1.54) is 11.3 Å². The van der Waals surface area contributed by atoms with Crippen LogP contribution in [0.2, 0.25) is 0 Å². The summed E-state index contributed by atoms with van der Waals surface area (Å²) >= 11 is 1.18. The van der Waals surface area contributed by atoms with E-state index >= 15 is 0 Å². The minimum atomic E-state index is -0.356. The summed E-state index contributed by atoms with van der Waals surface area (Å²) in [5, 5.41) is 5.94. The van der Waals surface area contributed by atoms with Gasteiger partial charge in [0.05, 0.1) is 12.3 Å². The lowest BCUT2D eigenvalue weighted by molar-refractivity contribution is 0.0958. The Labute approximate surface area is 137 Å². The number of pyridine rings is 1. The number of carbonyl (C=O) groups is 2. The van der Waals surface area contributed by atoms with Crippen LogP contribution in [-0.4, -0.2) is 34.9 Å². The smallest absolute Gasteiger partial charge is 0.263 e. The van der Waals surface area contributed by atoms with Gasteiger partial charge in [0.1, 0.15) is 10.4 Å². The van der Waals surface area contributed by atoms with Crippen LogP contribution in [-0.2, 0) is 6.42 Å². The average Bonchev–Trinajstić information content (AvgIpc) is 2.87. The van der Waals surface area contributed by atoms with E-state index in [1.807, 2.05) is 6.92 Å². The molecule has 1 aliphatic rings. The van der Waals surface area contributed by atoms with Crippen molar-refractivity contribution < 1.29 is 14.3 Å². The first-order valence-corrected chi connectivity index (χ1v) is 8.17. The summed E-state index contributed by atoms with van der Waals surface area (Å²) in [5.41, 5.74) is 1.07. The van der Waals surface area contributed by atoms with Gasteiger partial charge >= 0.3 is 0 Å². The molecule has 7 nitrogen and oxygen atoms in total. The lowest BCUT2D eigenvalue weighted by Crippen LogP contribution is -2.21. The summed E-state index contributed by atoms with van der Waals surface area (Å²) in [7, 11) is 0. The largest absolute Gasteiger partial charge is 0.477 e. The van der Waals surface area contributed by atoms with Gasteiger partial charge in [0.25, 0.3) is 11.8 Å². The third kappa shape index (κ3) is 3.31. The van der Waals surface area contributed by atoms with Crippen LogP contribution in [0.5, 0.6) is 5.88 Å². The van der Waals surface area contributed by atoms with Crippen molar-refractivity contribution in [2.45, 2.75) is 19.8 Å². The number of aromatic nitrogens is 2. The highest BCUT2D eigenvalue weighted by Crippen LogP contribution is 2.26. The highest BCUT2D eigenvalue weighted by Gasteiger charge is 2.22. The Morgan fingerprint density at radius 1 is 1.52 bits per heavy atom. The zero-order valence-electron chi connectivity index (χ0n) is 12.6. The van der Waals surface area contributed by atoms with E-state index in [0.29, 0.717) is 28.7 Å². The average molecular weight is 332 g/mol. The normalized spacial score (nSPS) is 13.7. The van der Waals surface area contributed by atoms with E-state index in [0.717, 1.165) is 18.5 Å². The second-order valence-electron chi connectivity index (χ2n) is 4.90. The second-order valence-corrected chi connectivity index (χ2v) is 5.90. The lowest BCUT2D eigenvalue weighted by atomic mass is 10.2. The van der Waals surface area contributed by atoms with Crippen molar-refractivity contribution in [3.8, 4) is 5.88 Å². The van der Waals surface area contributed by atoms with Crippen LogP contribution in [0.3, 0.4) is 0 Å². The monoisotopic (exact) mass is 332 g/mol. The van der Waals surface area contributed by atoms with E-state index in [4.69, 9.17) is 4.74 Å². The Bertz CT molecular complexity index is 744. The third-order valence-electron chi connectivity index (χ3n) is 3.30. The zero-order chi connectivity index (χ0) is 16.2. The third-order valence-corrected chi connectivity index (χ3v) is 4.31. The first kappa shape index (κ1) is 15.4. The molecule has 0 bridgehead atoms. The predicted octanol–water partition coefficient (Wildman–Crippen LogP) is 1.87. The molecule has 120 valence electrons. The number of aryl methyl sites for hydroxylation is 1. The van der Waals surface area contributed by atoms with Crippen LogP contribution in [0, 0.1) is 0 Å². The van der Waals surface area contributed by atoms with Crippen LogP contribution in [0.1, 0.15) is 39.1 Å². The molecule has 0 aliphatic carbocycles. The van der Waals surface area contributed by atoms with Crippen molar-refractivity contribution in [2.24, 2.45) is 0 Å². The fraction of sp³-hybridized carbons (Fsp3) is 0.333. The topological polar surface area (TPSA) is 93.2 Å². The maximum Gasteiger partial charge on any atom is 0.263 e. The molecule has 23 heavy (non-hydrogen) atoms. The van der Waals surface area contributed by atoms with Crippen molar-refractivity contribution in [1.29, 1.82) is 0 Å². The van der Waals surface area contributed by atoms with Crippen LogP contribution < -0.4 is 15.4 Å². The Balaban J connectivity index is 1.81. The first-order chi connectivity index (χ1) is 11.2. The van der Waals surface area contributed by atoms with Crippen LogP contribution in [0.15, 0.2) is 18.3 Å². The molecule has 0 atom stereocenters. The van der Waals surface area contributed by atoms with Crippen LogP contribution in [0.4, 0.5) is 5.13 Å². The summed E-state index contributed by atoms with van der Waals surface area (Å²) in [6.45, 7) is 2.90. The van der Waals surface area contributed by atoms with E-state index in [9.17, 15) is 9.59 Å². The molecule has 2 amide bonds. The van der Waals surface area contributed by atoms with Gasteiger partial charge in [0.2, 0.25) is 5.88 Å². The minimum Gasteiger partial charge on any atom is -0.477 e. The molecule has 0 spiro atoms. The Kier molecular flexibility index (Phi) is 4.52. The van der Waals surface area contributed by atoms with Gasteiger partial charge in [-0.05, 0) is 31.9 Å². The fourth-order valence-corrected chi connectivity index (χ4v) is 3.19. The quantitative estimate of drug-likeness (QED) is 0.891. The second kappa shape index (κ2) is 6.74. The highest BCUT2D eigenvalue weighted by atomic mass is 32.1. The number of ether oxygens (including phenoxy) is 1. The maximum atomic E-state index is 12.4. The van der Waals surface area contributed by atoms with Crippen molar-refractivity contribution in [3.63, 3.8) is 0 Å². The molecular weight excluding hydrogens is 316 g/mol. The number of anilines is 1. The van der Waals surface area contributed by atoms with Crippen LogP contribution in [0.25, 0.3) is 0 Å². The number of nitrogens with one attached hydrogen (secondary N) is 2. The number of hydrogen-bond donors (Lipinski definition) is 2. The van der Waals surface area contributed by atoms with Gasteiger partial charge < -0.3 is 10.1 Å². The van der Waals surface area contributed by atoms with E-state index < -0.39 is 0 Å². The summed E-state index contributed by atoms with van der Waals surface area (Å²) in [6.07, 6.45) is 3.13. The molecule has 2 aromatic rings. The molecule has 0 radical (unpaired) electrons. The molecule has 0 unspecified atom stereocenters. The van der Waals surface area contributed by atoms with Crippen molar-refractivity contribution in [3.05, 3.63) is 34.5 Å². The Morgan fingerprint density at radius 3 is 3.22 bits per heavy atom. The highest BCUT2D eigenvalue weighted by molar-refractivity contribution is 7.17. The molecule has 2 aromatic heterocycles. The maximum absolute atomic E-state index is 12.4. The molecule has 0 fully saturated rings. The summed E-state index contributed by atoms with van der Waals surface area (Å²) in [6, 6.07) is 3.31. The van der Waals surface area contributed by atoms with E-state index in [1.54, 1.807) is 18.3 Å². The van der Waals surface area contributed by atoms with Gasteiger partial charge in [-0.25, -0.2) is 9.97 Å². The fourth-order valence-electron chi connectivity index (χ4n) is 2.27. The predicted molar refractivity (Wildman–Crippen MR) is 86.1 cm³/mol. The van der Waals surface area contributed by atoms with Gasteiger partial charge in [-0.1, -0.05) is 11.3 Å². The molecule has 0 saturated heterocycles. The van der Waals surface area contributed by atoms with Gasteiger partial charge in [0.15, 0.2) is 5.13 Å². The SMILES string of the molecule is CCOc1ncccc1C(=O)Nc1nc2c(s1)C(=O)NCCC2. The van der Waals surface area contributed by atoms with Crippen LogP contribution >= 0.6 is 11.3 Å². The Morgan fingerprint density at radius 2 is 2.39 bits per heavy atom. The van der Waals surface area contributed by atoms with Gasteiger partial charge in [-0.15, -0.1) is 0 Å². The van der Waals surface area contributed by atoms with Gasteiger partial charge in [-0.2, -0.15) is 0 Å². The zero-order valence-corrected chi connectivity index (χ0v) is 13.4. The molecule has 8 heteroatoms. The summed E-state index contributed by atoms with van der Waals surface area (Å²) in [4.78, 5) is 33.3. The molecule has 1 aliphatic heterocycles. The van der Waals surface area contributed by atoms with Gasteiger partial charge in [-0.3, -0.25) is 14.9 Å². The van der Waals surface area contributed by atoms with E-state index in [2.05, 4.69) is 20.6 Å². The molecule has 3 rings (SSSR count). The van der Waals surface area contributed by atoms with E-state index in [-0.39, 0.29) is 17.7 Å². The number of amides is 2. The number of hydrogen-bond acceptors (Lipinski definition) is 6. The number of nitrogens with zero attached hydrogens (tertiary/aromatic N) is 2. The van der Waals surface area contributed by atoms with Crippen molar-refractivity contribution in [1.82, 2.24) is 15.3 Å². The molecule has 0 saturated carbocycles. The van der Waals surface area contributed by atoms with Crippen molar-refractivity contribution in [2.75, 3.05) is 18.5 Å².